The second-order valence-corrected chi connectivity index (χ2v) is 10.3. The van der Waals surface area contributed by atoms with Crippen molar-refractivity contribution in [3.8, 4) is 0 Å². The van der Waals surface area contributed by atoms with E-state index in [-0.39, 0.29) is 42.7 Å². The van der Waals surface area contributed by atoms with E-state index in [0.29, 0.717) is 19.3 Å². The summed E-state index contributed by atoms with van der Waals surface area (Å²) in [6, 6.07) is 0. The van der Waals surface area contributed by atoms with Crippen LogP contribution in [0.15, 0.2) is 12.3 Å². The molecule has 1 aliphatic carbocycles. The Kier molecular flexibility index (Phi) is 8.36. The summed E-state index contributed by atoms with van der Waals surface area (Å²) >= 11 is 0. The monoisotopic (exact) mass is 436 g/mol. The van der Waals surface area contributed by atoms with Crippen molar-refractivity contribution >= 4 is 7.82 Å². The predicted molar refractivity (Wildman–Crippen MR) is 108 cm³/mol. The predicted octanol–water partition coefficient (Wildman–Crippen LogP) is 3.56. The minimum absolute atomic E-state index is 0.0150. The lowest BCUT2D eigenvalue weighted by atomic mass is 10.0. The van der Waals surface area contributed by atoms with Gasteiger partial charge in [0.15, 0.2) is 0 Å². The Labute approximate surface area is 174 Å². The van der Waals surface area contributed by atoms with Crippen LogP contribution in [0.3, 0.4) is 0 Å². The SMILES string of the molecule is C=C(OP(=O)(O)O[C@@H]1C[C@H](C)C[C@]1(O)COC(C)C)[C@H]1O[C@@H](C)C[C@H]1OC(C)C. The molecule has 2 N–H and O–H groups in total. The van der Waals surface area contributed by atoms with Crippen LogP contribution >= 0.6 is 7.82 Å². The third-order valence-electron chi connectivity index (χ3n) is 5.12. The second kappa shape index (κ2) is 9.77. The van der Waals surface area contributed by atoms with E-state index in [0.717, 1.165) is 0 Å². The van der Waals surface area contributed by atoms with Crippen molar-refractivity contribution in [2.24, 2.45) is 5.92 Å². The van der Waals surface area contributed by atoms with Crippen LogP contribution in [0.4, 0.5) is 0 Å². The average Bonchev–Trinajstić information content (AvgIpc) is 3.03. The first-order chi connectivity index (χ1) is 13.3. The smallest absolute Gasteiger partial charge is 0.406 e. The summed E-state index contributed by atoms with van der Waals surface area (Å²) in [6.45, 7) is 15.2. The van der Waals surface area contributed by atoms with Crippen LogP contribution in [0.25, 0.3) is 0 Å². The van der Waals surface area contributed by atoms with Gasteiger partial charge in [-0.15, -0.1) is 0 Å². The summed E-state index contributed by atoms with van der Waals surface area (Å²) in [6.07, 6.45) is -0.587. The maximum atomic E-state index is 12.7. The normalized spacial score (nSPS) is 37.2. The third kappa shape index (κ3) is 7.03. The first kappa shape index (κ1) is 24.8. The van der Waals surface area contributed by atoms with E-state index in [1.165, 1.54) is 0 Å². The van der Waals surface area contributed by atoms with Crippen molar-refractivity contribution in [2.45, 2.75) is 103 Å². The first-order valence-corrected chi connectivity index (χ1v) is 11.9. The number of phosphoric acid groups is 1. The molecule has 2 rings (SSSR count). The summed E-state index contributed by atoms with van der Waals surface area (Å²) in [4.78, 5) is 10.3. The van der Waals surface area contributed by atoms with Gasteiger partial charge in [0.05, 0.1) is 31.0 Å². The molecular formula is C20H37O8P. The fraction of sp³-hybridized carbons (Fsp3) is 0.900. The molecule has 0 bridgehead atoms. The van der Waals surface area contributed by atoms with Crippen molar-refractivity contribution < 1.29 is 37.8 Å². The van der Waals surface area contributed by atoms with Crippen molar-refractivity contribution in [2.75, 3.05) is 6.61 Å². The van der Waals surface area contributed by atoms with Gasteiger partial charge in [0.25, 0.3) is 0 Å². The van der Waals surface area contributed by atoms with Crippen molar-refractivity contribution in [3.63, 3.8) is 0 Å². The summed E-state index contributed by atoms with van der Waals surface area (Å²) in [5.41, 5.74) is -1.35. The van der Waals surface area contributed by atoms with Crippen molar-refractivity contribution in [3.05, 3.63) is 12.3 Å². The Bertz CT molecular complexity index is 609. The molecule has 2 aliphatic rings. The maximum absolute atomic E-state index is 12.7. The van der Waals surface area contributed by atoms with Crippen LogP contribution in [-0.4, -0.2) is 58.8 Å². The second-order valence-electron chi connectivity index (χ2n) is 8.95. The number of aliphatic hydroxyl groups is 1. The van der Waals surface area contributed by atoms with Gasteiger partial charge in [-0.05, 0) is 53.4 Å². The van der Waals surface area contributed by atoms with E-state index < -0.39 is 25.6 Å². The highest BCUT2D eigenvalue weighted by Crippen LogP contribution is 2.52. The highest BCUT2D eigenvalue weighted by Gasteiger charge is 2.50. The standard InChI is InChI=1S/C20H37O8P/c1-12(2)24-11-20(21)10-14(5)8-18(20)28-29(22,23)27-16(7)19-17(25-13(3)4)9-15(6)26-19/h12-15,17-19,21H,7-11H2,1-6H3,(H,22,23)/t14-,15-,17+,18+,19+,20-/m0/s1. The minimum atomic E-state index is -4.54. The maximum Gasteiger partial charge on any atom is 0.527 e. The molecule has 0 aromatic heterocycles. The summed E-state index contributed by atoms with van der Waals surface area (Å²) in [5.74, 6) is 0.102. The highest BCUT2D eigenvalue weighted by atomic mass is 31.2. The van der Waals surface area contributed by atoms with E-state index in [9.17, 15) is 14.6 Å². The van der Waals surface area contributed by atoms with Gasteiger partial charge < -0.3 is 23.8 Å². The lowest BCUT2D eigenvalue weighted by Crippen LogP contribution is -2.44. The molecule has 0 spiro atoms. The molecule has 0 aromatic rings. The lowest BCUT2D eigenvalue weighted by Gasteiger charge is -2.32. The van der Waals surface area contributed by atoms with Crippen LogP contribution in [0.2, 0.25) is 0 Å². The largest absolute Gasteiger partial charge is 0.527 e. The molecule has 8 nitrogen and oxygen atoms in total. The number of rotatable bonds is 10. The zero-order valence-corrected chi connectivity index (χ0v) is 19.3. The molecule has 1 heterocycles. The van der Waals surface area contributed by atoms with E-state index in [1.54, 1.807) is 0 Å². The van der Waals surface area contributed by atoms with Gasteiger partial charge in [0.1, 0.15) is 23.6 Å². The summed E-state index contributed by atoms with van der Waals surface area (Å²) < 4.78 is 40.5. The number of phosphoric ester groups is 1. The summed E-state index contributed by atoms with van der Waals surface area (Å²) in [7, 11) is -4.54. The van der Waals surface area contributed by atoms with Crippen LogP contribution in [0.5, 0.6) is 0 Å². The molecule has 1 saturated heterocycles. The molecular weight excluding hydrogens is 399 g/mol. The Morgan fingerprint density at radius 2 is 1.90 bits per heavy atom. The minimum Gasteiger partial charge on any atom is -0.406 e. The number of hydrogen-bond acceptors (Lipinski definition) is 7. The van der Waals surface area contributed by atoms with Crippen LogP contribution in [0.1, 0.15) is 60.8 Å². The van der Waals surface area contributed by atoms with Gasteiger partial charge in [0.2, 0.25) is 0 Å². The van der Waals surface area contributed by atoms with Crippen molar-refractivity contribution in [1.82, 2.24) is 0 Å². The average molecular weight is 436 g/mol. The molecule has 9 heteroatoms. The zero-order chi connectivity index (χ0) is 22.0. The Hall–Kier alpha value is -0.470. The lowest BCUT2D eigenvalue weighted by molar-refractivity contribution is -0.113. The van der Waals surface area contributed by atoms with E-state index in [2.05, 4.69) is 6.58 Å². The van der Waals surface area contributed by atoms with Gasteiger partial charge in [0, 0.05) is 6.42 Å². The molecule has 170 valence electrons. The zero-order valence-electron chi connectivity index (χ0n) is 18.4. The van der Waals surface area contributed by atoms with E-state index in [1.807, 2.05) is 41.5 Å². The topological polar surface area (TPSA) is 104 Å². The Morgan fingerprint density at radius 1 is 1.24 bits per heavy atom. The van der Waals surface area contributed by atoms with Gasteiger partial charge in [-0.2, -0.15) is 0 Å². The van der Waals surface area contributed by atoms with E-state index >= 15 is 0 Å². The van der Waals surface area contributed by atoms with Crippen LogP contribution < -0.4 is 0 Å². The van der Waals surface area contributed by atoms with Gasteiger partial charge in [-0.1, -0.05) is 13.5 Å². The van der Waals surface area contributed by atoms with Gasteiger partial charge >= 0.3 is 7.82 Å². The molecule has 1 aliphatic heterocycles. The molecule has 0 aromatic carbocycles. The first-order valence-electron chi connectivity index (χ1n) is 10.4. The molecule has 1 saturated carbocycles. The fourth-order valence-corrected chi connectivity index (χ4v) is 5.04. The van der Waals surface area contributed by atoms with Gasteiger partial charge in [-0.3, -0.25) is 9.42 Å². The molecule has 7 atom stereocenters. The third-order valence-corrected chi connectivity index (χ3v) is 6.11. The number of ether oxygens (including phenoxy) is 3. The molecule has 0 amide bonds. The van der Waals surface area contributed by atoms with Gasteiger partial charge in [-0.25, -0.2) is 4.57 Å². The fourth-order valence-electron chi connectivity index (χ4n) is 3.99. The number of hydrogen-bond donors (Lipinski definition) is 2. The molecule has 2 fully saturated rings. The highest BCUT2D eigenvalue weighted by molar-refractivity contribution is 7.47. The Balaban J connectivity index is 2.02. The van der Waals surface area contributed by atoms with E-state index in [4.69, 9.17) is 23.3 Å². The van der Waals surface area contributed by atoms with Crippen molar-refractivity contribution in [1.29, 1.82) is 0 Å². The van der Waals surface area contributed by atoms with Crippen LogP contribution in [-0.2, 0) is 27.8 Å². The molecule has 29 heavy (non-hydrogen) atoms. The van der Waals surface area contributed by atoms with Crippen LogP contribution in [0, 0.1) is 5.92 Å². The molecule has 0 radical (unpaired) electrons. The summed E-state index contributed by atoms with van der Waals surface area (Å²) in [5, 5.41) is 11.0. The quantitative estimate of drug-likeness (QED) is 0.396. The molecule has 1 unspecified atom stereocenters. The Morgan fingerprint density at radius 3 is 2.48 bits per heavy atom.